The predicted molar refractivity (Wildman–Crippen MR) is 142 cm³/mol. The highest BCUT2D eigenvalue weighted by molar-refractivity contribution is 9.10. The van der Waals surface area contributed by atoms with Crippen molar-refractivity contribution in [3.63, 3.8) is 0 Å². The number of carbonyl (C=O) groups is 1. The number of hydrogen-bond acceptors (Lipinski definition) is 7. The molecule has 4 aromatic heterocycles. The number of aromatic nitrogens is 6. The van der Waals surface area contributed by atoms with E-state index in [9.17, 15) is 4.79 Å². The van der Waals surface area contributed by atoms with Crippen molar-refractivity contribution in [3.05, 3.63) is 71.7 Å². The molecule has 0 aliphatic heterocycles. The average molecular weight is 546 g/mol. The summed E-state index contributed by atoms with van der Waals surface area (Å²) in [6, 6.07) is 14.1. The number of hydrogen-bond donors (Lipinski definition) is 0. The molecule has 10 heteroatoms. The Morgan fingerprint density at radius 3 is 2.50 bits per heavy atom. The lowest BCUT2D eigenvalue weighted by molar-refractivity contribution is -0.141. The molecule has 0 amide bonds. The van der Waals surface area contributed by atoms with E-state index in [4.69, 9.17) is 9.72 Å². The zero-order valence-electron chi connectivity index (χ0n) is 20.1. The maximum atomic E-state index is 11.1. The van der Waals surface area contributed by atoms with Crippen molar-refractivity contribution >= 4 is 33.4 Å². The van der Waals surface area contributed by atoms with E-state index in [1.807, 2.05) is 84.6 Å². The van der Waals surface area contributed by atoms with Crippen LogP contribution in [0.5, 0.6) is 0 Å². The van der Waals surface area contributed by atoms with Gasteiger partial charge < -0.3 is 9.64 Å². The summed E-state index contributed by atoms with van der Waals surface area (Å²) in [5.74, 6) is 0.537. The van der Waals surface area contributed by atoms with Crippen molar-refractivity contribution in [3.8, 4) is 33.6 Å². The highest BCUT2D eigenvalue weighted by Crippen LogP contribution is 2.37. The van der Waals surface area contributed by atoms with Crippen molar-refractivity contribution in [2.75, 3.05) is 25.6 Å². The van der Waals surface area contributed by atoms with Crippen LogP contribution >= 0.6 is 15.9 Å². The maximum Gasteiger partial charge on any atom is 0.302 e. The summed E-state index contributed by atoms with van der Waals surface area (Å²) in [5.41, 5.74) is 6.05. The van der Waals surface area contributed by atoms with E-state index in [-0.39, 0.29) is 12.6 Å². The Labute approximate surface area is 216 Å². The van der Waals surface area contributed by atoms with Crippen LogP contribution in [0.1, 0.15) is 6.92 Å². The van der Waals surface area contributed by atoms with Gasteiger partial charge in [-0.3, -0.25) is 14.5 Å². The highest BCUT2D eigenvalue weighted by atomic mass is 79.9. The van der Waals surface area contributed by atoms with Crippen LogP contribution in [0.3, 0.4) is 0 Å². The molecular weight excluding hydrogens is 522 g/mol. The highest BCUT2D eigenvalue weighted by Gasteiger charge is 2.21. The van der Waals surface area contributed by atoms with E-state index in [1.54, 1.807) is 10.9 Å². The van der Waals surface area contributed by atoms with E-state index in [0.717, 1.165) is 43.9 Å². The number of fused-ring (bicyclic) bond motifs is 1. The van der Waals surface area contributed by atoms with Gasteiger partial charge in [-0.1, -0.05) is 36.4 Å². The van der Waals surface area contributed by atoms with Crippen LogP contribution in [0.25, 0.3) is 39.3 Å². The summed E-state index contributed by atoms with van der Waals surface area (Å²) >= 11 is 3.74. The molecule has 0 fully saturated rings. The van der Waals surface area contributed by atoms with Crippen molar-refractivity contribution in [1.82, 2.24) is 29.4 Å². The molecule has 0 aliphatic rings. The van der Waals surface area contributed by atoms with Crippen LogP contribution in [0.4, 0.5) is 5.82 Å². The lowest BCUT2D eigenvalue weighted by Crippen LogP contribution is -2.15. The topological polar surface area (TPSA) is 90.4 Å². The molecule has 0 N–H and O–H groups in total. The van der Waals surface area contributed by atoms with Crippen LogP contribution in [0, 0.1) is 0 Å². The van der Waals surface area contributed by atoms with Crippen LogP contribution in [0.15, 0.2) is 71.7 Å². The van der Waals surface area contributed by atoms with Crippen molar-refractivity contribution < 1.29 is 9.53 Å². The Kier molecular flexibility index (Phi) is 6.51. The number of halogens is 1. The Morgan fingerprint density at radius 1 is 1.00 bits per heavy atom. The van der Waals surface area contributed by atoms with Crippen LogP contribution in [0.2, 0.25) is 0 Å². The zero-order valence-corrected chi connectivity index (χ0v) is 21.7. The fourth-order valence-corrected chi connectivity index (χ4v) is 4.80. The third-order valence-corrected chi connectivity index (χ3v) is 6.40. The maximum absolute atomic E-state index is 11.1. The van der Waals surface area contributed by atoms with E-state index >= 15 is 0 Å². The average Bonchev–Trinajstić information content (AvgIpc) is 3.51. The van der Waals surface area contributed by atoms with E-state index in [2.05, 4.69) is 31.1 Å². The minimum absolute atomic E-state index is 0.256. The molecular formula is C26H24BrN7O2. The number of esters is 1. The lowest BCUT2D eigenvalue weighted by atomic mass is 10.1. The lowest BCUT2D eigenvalue weighted by Gasteiger charge is -2.18. The normalized spacial score (nSPS) is 11.1. The number of benzene rings is 1. The van der Waals surface area contributed by atoms with Gasteiger partial charge in [0.15, 0.2) is 5.65 Å². The largest absolute Gasteiger partial charge is 0.464 e. The van der Waals surface area contributed by atoms with Crippen molar-refractivity contribution in [1.29, 1.82) is 0 Å². The summed E-state index contributed by atoms with van der Waals surface area (Å²) in [6.07, 6.45) is 7.31. The first-order valence-electron chi connectivity index (χ1n) is 11.3. The molecule has 0 radical (unpaired) electrons. The van der Waals surface area contributed by atoms with Gasteiger partial charge >= 0.3 is 5.97 Å². The fraction of sp³-hybridized carbons (Fsp3) is 0.192. The number of carbonyl (C=O) groups excluding carboxylic acids is 1. The number of nitrogens with zero attached hydrogens (tertiary/aromatic N) is 7. The zero-order chi connectivity index (χ0) is 25.2. The number of anilines is 1. The van der Waals surface area contributed by atoms with E-state index < -0.39 is 0 Å². The van der Waals surface area contributed by atoms with Crippen LogP contribution in [-0.2, 0) is 16.1 Å². The second kappa shape index (κ2) is 9.90. The molecule has 5 aromatic rings. The molecule has 0 atom stereocenters. The number of rotatable bonds is 7. The molecule has 0 saturated carbocycles. The number of ether oxygens (including phenoxy) is 1. The quantitative estimate of drug-likeness (QED) is 0.273. The molecule has 0 saturated heterocycles. The fourth-order valence-electron chi connectivity index (χ4n) is 3.96. The van der Waals surface area contributed by atoms with Gasteiger partial charge in [-0.05, 0) is 22.0 Å². The van der Waals surface area contributed by atoms with Gasteiger partial charge in [0, 0.05) is 55.7 Å². The second-order valence-corrected chi connectivity index (χ2v) is 9.21. The van der Waals surface area contributed by atoms with Gasteiger partial charge in [0.2, 0.25) is 0 Å². The monoisotopic (exact) mass is 545 g/mol. The summed E-state index contributed by atoms with van der Waals surface area (Å²) in [5, 5.41) is 9.05. The van der Waals surface area contributed by atoms with Gasteiger partial charge in [-0.2, -0.15) is 14.7 Å². The first-order chi connectivity index (χ1) is 17.4. The summed E-state index contributed by atoms with van der Waals surface area (Å²) in [4.78, 5) is 22.7. The minimum Gasteiger partial charge on any atom is -0.464 e. The molecule has 0 spiro atoms. The Morgan fingerprint density at radius 2 is 1.81 bits per heavy atom. The second-order valence-electron chi connectivity index (χ2n) is 8.42. The standard InChI is InChI=1S/C26H24BrN7O2/c1-17(35)36-12-11-33-16-20(14-29-33)24-23(27)26(32(2)3)34-25(31-24)21(15-30-34)19-9-10-22(28-13-19)18-7-5-4-6-8-18/h4-10,13-16H,11-12H2,1-3H3. The Hall–Kier alpha value is -4.05. The first-order valence-corrected chi connectivity index (χ1v) is 12.1. The van der Waals surface area contributed by atoms with E-state index in [1.165, 1.54) is 6.92 Å². The van der Waals surface area contributed by atoms with Crippen LogP contribution < -0.4 is 4.90 Å². The molecule has 182 valence electrons. The molecule has 1 aromatic carbocycles. The molecule has 36 heavy (non-hydrogen) atoms. The van der Waals surface area contributed by atoms with Crippen LogP contribution in [-0.4, -0.2) is 56.0 Å². The van der Waals surface area contributed by atoms with Gasteiger partial charge in [0.25, 0.3) is 0 Å². The molecule has 0 aliphatic carbocycles. The molecule has 0 bridgehead atoms. The summed E-state index contributed by atoms with van der Waals surface area (Å²) in [7, 11) is 3.92. The Bertz CT molecular complexity index is 1530. The predicted octanol–water partition coefficient (Wildman–Crippen LogP) is 4.71. The third-order valence-electron chi connectivity index (χ3n) is 5.67. The van der Waals surface area contributed by atoms with Crippen molar-refractivity contribution in [2.45, 2.75) is 13.5 Å². The van der Waals surface area contributed by atoms with Gasteiger partial charge in [0.05, 0.1) is 34.8 Å². The molecule has 0 unspecified atom stereocenters. The molecule has 5 rings (SSSR count). The minimum atomic E-state index is -0.313. The first kappa shape index (κ1) is 23.7. The Balaban J connectivity index is 1.56. The number of pyridine rings is 1. The van der Waals surface area contributed by atoms with Gasteiger partial charge in [-0.25, -0.2) is 4.98 Å². The van der Waals surface area contributed by atoms with Gasteiger partial charge in [-0.15, -0.1) is 0 Å². The summed E-state index contributed by atoms with van der Waals surface area (Å²) < 4.78 is 9.38. The molecule has 9 nitrogen and oxygen atoms in total. The third kappa shape index (κ3) is 4.59. The SMILES string of the molecule is CC(=O)OCCn1cc(-c2nc3c(-c4ccc(-c5ccccc5)nc4)cnn3c(N(C)C)c2Br)cn1. The van der Waals surface area contributed by atoms with Gasteiger partial charge in [0.1, 0.15) is 12.4 Å². The van der Waals surface area contributed by atoms with E-state index in [0.29, 0.717) is 12.2 Å². The smallest absolute Gasteiger partial charge is 0.302 e. The van der Waals surface area contributed by atoms with Crippen molar-refractivity contribution in [2.24, 2.45) is 0 Å². The summed E-state index contributed by atoms with van der Waals surface area (Å²) in [6.45, 7) is 2.10. The molecule has 4 heterocycles.